The van der Waals surface area contributed by atoms with E-state index in [9.17, 15) is 8.78 Å². The Balaban J connectivity index is 2.56. The summed E-state index contributed by atoms with van der Waals surface area (Å²) in [6.45, 7) is 7.56. The molecule has 1 aliphatic rings. The van der Waals surface area contributed by atoms with Gasteiger partial charge in [-0.15, -0.1) is 0 Å². The zero-order valence-electron chi connectivity index (χ0n) is 11.4. The molecule has 0 bridgehead atoms. The van der Waals surface area contributed by atoms with Gasteiger partial charge in [0.05, 0.1) is 5.56 Å². The maximum Gasteiger partial charge on any atom is 0.310 e. The number of alkyl halides is 2. The summed E-state index contributed by atoms with van der Waals surface area (Å²) in [7, 11) is 0. The van der Waals surface area contributed by atoms with Gasteiger partial charge in [0.15, 0.2) is 6.61 Å². The lowest BCUT2D eigenvalue weighted by Gasteiger charge is -2.17. The summed E-state index contributed by atoms with van der Waals surface area (Å²) in [6, 6.07) is 3.78. The van der Waals surface area contributed by atoms with Gasteiger partial charge in [0.1, 0.15) is 5.75 Å². The van der Waals surface area contributed by atoms with Gasteiger partial charge < -0.3 is 4.74 Å². The van der Waals surface area contributed by atoms with Crippen molar-refractivity contribution in [3.05, 3.63) is 28.8 Å². The average molecular weight is 254 g/mol. The molecule has 1 aliphatic heterocycles. The quantitative estimate of drug-likeness (QED) is 0.772. The largest absolute Gasteiger partial charge is 0.486 e. The van der Waals surface area contributed by atoms with Crippen molar-refractivity contribution in [2.24, 2.45) is 5.92 Å². The smallest absolute Gasteiger partial charge is 0.310 e. The number of rotatable bonds is 3. The molecule has 1 aromatic rings. The van der Waals surface area contributed by atoms with Gasteiger partial charge >= 0.3 is 5.92 Å². The van der Waals surface area contributed by atoms with E-state index in [0.29, 0.717) is 18.1 Å². The molecule has 0 unspecified atom stereocenters. The molecule has 0 aliphatic carbocycles. The Hall–Kier alpha value is -1.12. The van der Waals surface area contributed by atoms with Crippen LogP contribution in [0.5, 0.6) is 5.75 Å². The normalized spacial score (nSPS) is 17.1. The Labute approximate surface area is 107 Å². The molecule has 1 nitrogen and oxygen atoms in total. The van der Waals surface area contributed by atoms with Crippen LogP contribution in [0, 0.1) is 5.92 Å². The molecule has 0 spiro atoms. The summed E-state index contributed by atoms with van der Waals surface area (Å²) < 4.78 is 33.2. The van der Waals surface area contributed by atoms with Gasteiger partial charge in [-0.25, -0.2) is 0 Å². The lowest BCUT2D eigenvalue weighted by atomic mass is 9.90. The van der Waals surface area contributed by atoms with E-state index >= 15 is 0 Å². The van der Waals surface area contributed by atoms with Crippen LogP contribution in [0.3, 0.4) is 0 Å². The molecule has 18 heavy (non-hydrogen) atoms. The van der Waals surface area contributed by atoms with Crippen molar-refractivity contribution >= 4 is 0 Å². The monoisotopic (exact) mass is 254 g/mol. The van der Waals surface area contributed by atoms with Gasteiger partial charge in [0, 0.05) is 0 Å². The Morgan fingerprint density at radius 3 is 2.44 bits per heavy atom. The lowest BCUT2D eigenvalue weighted by molar-refractivity contribution is -0.0220. The minimum Gasteiger partial charge on any atom is -0.486 e. The first kappa shape index (κ1) is 13.3. The fourth-order valence-corrected chi connectivity index (χ4v) is 2.50. The first-order valence-electron chi connectivity index (χ1n) is 6.49. The van der Waals surface area contributed by atoms with Crippen LogP contribution in [0.25, 0.3) is 0 Å². The highest BCUT2D eigenvalue weighted by Gasteiger charge is 2.44. The molecule has 2 rings (SSSR count). The molecule has 1 heterocycles. The standard InChI is InChI=1S/C15H20F2O/c1-9(2)7-11-5-6-12(10(3)4)14-13(11)15(16,17)8-18-14/h5-6,9-10H,7-8H2,1-4H3. The van der Waals surface area contributed by atoms with E-state index < -0.39 is 12.5 Å². The van der Waals surface area contributed by atoms with Gasteiger partial charge in [-0.05, 0) is 29.4 Å². The molecular weight excluding hydrogens is 234 g/mol. The van der Waals surface area contributed by atoms with Crippen molar-refractivity contribution in [2.45, 2.75) is 46.0 Å². The fraction of sp³-hybridized carbons (Fsp3) is 0.600. The van der Waals surface area contributed by atoms with Crippen molar-refractivity contribution < 1.29 is 13.5 Å². The van der Waals surface area contributed by atoms with Gasteiger partial charge in [0.2, 0.25) is 0 Å². The molecule has 0 aromatic heterocycles. The Kier molecular flexibility index (Phi) is 3.35. The third-order valence-corrected chi connectivity index (χ3v) is 3.29. The average Bonchev–Trinajstić information content (AvgIpc) is 2.55. The highest BCUT2D eigenvalue weighted by atomic mass is 19.3. The van der Waals surface area contributed by atoms with E-state index in [4.69, 9.17) is 4.74 Å². The first-order chi connectivity index (χ1) is 8.33. The summed E-state index contributed by atoms with van der Waals surface area (Å²) in [6.07, 6.45) is 0.666. The molecule has 3 heteroatoms. The zero-order valence-corrected chi connectivity index (χ0v) is 11.4. The van der Waals surface area contributed by atoms with Crippen molar-refractivity contribution in [2.75, 3.05) is 6.61 Å². The summed E-state index contributed by atoms with van der Waals surface area (Å²) in [4.78, 5) is 0. The highest BCUT2D eigenvalue weighted by Crippen LogP contribution is 2.47. The van der Waals surface area contributed by atoms with Crippen molar-refractivity contribution in [3.8, 4) is 5.75 Å². The topological polar surface area (TPSA) is 9.23 Å². The molecule has 0 amide bonds. The van der Waals surface area contributed by atoms with Crippen LogP contribution in [0.2, 0.25) is 0 Å². The molecule has 0 radical (unpaired) electrons. The second kappa shape index (κ2) is 4.52. The van der Waals surface area contributed by atoms with Crippen LogP contribution < -0.4 is 4.74 Å². The summed E-state index contributed by atoms with van der Waals surface area (Å²) in [5, 5.41) is 0. The Bertz CT molecular complexity index is 450. The van der Waals surface area contributed by atoms with Gasteiger partial charge in [-0.2, -0.15) is 8.78 Å². The van der Waals surface area contributed by atoms with Crippen molar-refractivity contribution in [3.63, 3.8) is 0 Å². The molecule has 0 fully saturated rings. The number of hydrogen-bond donors (Lipinski definition) is 0. The molecule has 0 atom stereocenters. The SMILES string of the molecule is CC(C)Cc1ccc(C(C)C)c2c1C(F)(F)CO2. The third-order valence-electron chi connectivity index (χ3n) is 3.29. The molecule has 1 aromatic carbocycles. The molecule has 100 valence electrons. The second-order valence-electron chi connectivity index (χ2n) is 5.76. The van der Waals surface area contributed by atoms with Crippen LogP contribution in [0.1, 0.15) is 50.3 Å². The first-order valence-corrected chi connectivity index (χ1v) is 6.49. The maximum absolute atomic E-state index is 14.0. The Morgan fingerprint density at radius 1 is 1.22 bits per heavy atom. The predicted molar refractivity (Wildman–Crippen MR) is 68.5 cm³/mol. The third kappa shape index (κ3) is 2.23. The van der Waals surface area contributed by atoms with E-state index in [1.807, 2.05) is 39.8 Å². The molecule has 0 saturated carbocycles. The Morgan fingerprint density at radius 2 is 1.89 bits per heavy atom. The van der Waals surface area contributed by atoms with E-state index in [0.717, 1.165) is 11.1 Å². The maximum atomic E-state index is 14.0. The predicted octanol–water partition coefficient (Wildman–Crippen LogP) is 4.49. The minimum absolute atomic E-state index is 0.127. The van der Waals surface area contributed by atoms with Crippen molar-refractivity contribution in [1.29, 1.82) is 0 Å². The highest BCUT2D eigenvalue weighted by molar-refractivity contribution is 5.52. The number of halogens is 2. The van der Waals surface area contributed by atoms with Crippen LogP contribution in [-0.2, 0) is 12.3 Å². The second-order valence-corrected chi connectivity index (χ2v) is 5.76. The fourth-order valence-electron chi connectivity index (χ4n) is 2.50. The molecular formula is C15H20F2O. The van der Waals surface area contributed by atoms with Crippen LogP contribution in [-0.4, -0.2) is 6.61 Å². The van der Waals surface area contributed by atoms with E-state index in [1.54, 1.807) is 0 Å². The molecule has 0 N–H and O–H groups in total. The van der Waals surface area contributed by atoms with Gasteiger partial charge in [0.25, 0.3) is 0 Å². The number of hydrogen-bond acceptors (Lipinski definition) is 1. The van der Waals surface area contributed by atoms with Crippen molar-refractivity contribution in [1.82, 2.24) is 0 Å². The summed E-state index contributed by atoms with van der Waals surface area (Å²) in [5.41, 5.74) is 1.74. The van der Waals surface area contributed by atoms with E-state index in [-0.39, 0.29) is 11.5 Å². The summed E-state index contributed by atoms with van der Waals surface area (Å²) >= 11 is 0. The lowest BCUT2D eigenvalue weighted by Crippen LogP contribution is -2.16. The minimum atomic E-state index is -2.84. The number of fused-ring (bicyclic) bond motifs is 1. The zero-order chi connectivity index (χ0) is 13.5. The van der Waals surface area contributed by atoms with Gasteiger partial charge in [-0.3, -0.25) is 0 Å². The van der Waals surface area contributed by atoms with Gasteiger partial charge in [-0.1, -0.05) is 39.8 Å². The van der Waals surface area contributed by atoms with E-state index in [2.05, 4.69) is 0 Å². The van der Waals surface area contributed by atoms with Crippen LogP contribution >= 0.6 is 0 Å². The van der Waals surface area contributed by atoms with E-state index in [1.165, 1.54) is 0 Å². The number of ether oxygens (including phenoxy) is 1. The van der Waals surface area contributed by atoms with Crippen LogP contribution in [0.4, 0.5) is 8.78 Å². The summed E-state index contributed by atoms with van der Waals surface area (Å²) in [5.74, 6) is -1.87. The van der Waals surface area contributed by atoms with Crippen LogP contribution in [0.15, 0.2) is 12.1 Å². The molecule has 0 saturated heterocycles. The number of benzene rings is 1.